The molecule has 25 heavy (non-hydrogen) atoms. The predicted octanol–water partition coefficient (Wildman–Crippen LogP) is 2.32. The number of nitrogens with one attached hydrogen (secondary N) is 1. The van der Waals surface area contributed by atoms with E-state index in [0.717, 1.165) is 24.0 Å². The monoisotopic (exact) mass is 357 g/mol. The molecule has 1 aromatic heterocycles. The largest absolute Gasteiger partial charge is 0.326 e. The summed E-state index contributed by atoms with van der Waals surface area (Å²) >= 11 is 0. The molecule has 1 aromatic carbocycles. The maximum atomic E-state index is 13.2. The minimum Gasteiger partial charge on any atom is -0.326 e. The van der Waals surface area contributed by atoms with Crippen LogP contribution in [0.3, 0.4) is 0 Å². The van der Waals surface area contributed by atoms with Crippen molar-refractivity contribution >= 4 is 21.6 Å². The van der Waals surface area contributed by atoms with Crippen LogP contribution in [0, 0.1) is 0 Å². The summed E-state index contributed by atoms with van der Waals surface area (Å²) in [7, 11) is -3.58. The van der Waals surface area contributed by atoms with Gasteiger partial charge in [-0.1, -0.05) is 0 Å². The number of aromatic nitrogens is 1. The summed E-state index contributed by atoms with van der Waals surface area (Å²) in [5, 5.41) is 2.79. The number of sulfonamides is 1. The van der Waals surface area contributed by atoms with E-state index in [1.54, 1.807) is 34.9 Å². The lowest BCUT2D eigenvalue weighted by Gasteiger charge is -2.23. The highest BCUT2D eigenvalue weighted by Gasteiger charge is 2.38. The topological polar surface area (TPSA) is 79.4 Å². The van der Waals surface area contributed by atoms with Crippen LogP contribution in [0.5, 0.6) is 0 Å². The SMILES string of the molecule is O=C1CCc2cc(S(=O)(=O)N(Cc3ccncc3)C3CC3)ccc2N1. The lowest BCUT2D eigenvalue weighted by Crippen LogP contribution is -2.33. The van der Waals surface area contributed by atoms with Crippen LogP contribution < -0.4 is 5.32 Å². The molecule has 0 bridgehead atoms. The molecule has 0 atom stereocenters. The summed E-state index contributed by atoms with van der Waals surface area (Å²) in [6.45, 7) is 0.351. The van der Waals surface area contributed by atoms with Gasteiger partial charge in [-0.3, -0.25) is 9.78 Å². The second kappa shape index (κ2) is 6.24. The second-order valence-electron chi connectivity index (χ2n) is 6.50. The zero-order chi connectivity index (χ0) is 17.4. The van der Waals surface area contributed by atoms with Gasteiger partial charge in [-0.05, 0) is 60.7 Å². The maximum Gasteiger partial charge on any atom is 0.243 e. The Morgan fingerprint density at radius 3 is 2.60 bits per heavy atom. The first-order valence-electron chi connectivity index (χ1n) is 8.37. The fourth-order valence-corrected chi connectivity index (χ4v) is 4.82. The van der Waals surface area contributed by atoms with Crippen LogP contribution in [0.1, 0.15) is 30.4 Å². The van der Waals surface area contributed by atoms with Gasteiger partial charge in [0.15, 0.2) is 0 Å². The summed E-state index contributed by atoms with van der Waals surface area (Å²) in [5.74, 6) is -0.0274. The first kappa shape index (κ1) is 16.2. The Morgan fingerprint density at radius 2 is 1.88 bits per heavy atom. The van der Waals surface area contributed by atoms with Crippen molar-refractivity contribution in [1.82, 2.24) is 9.29 Å². The van der Waals surface area contributed by atoms with Gasteiger partial charge in [-0.15, -0.1) is 0 Å². The number of anilines is 1. The van der Waals surface area contributed by atoms with Crippen molar-refractivity contribution in [3.63, 3.8) is 0 Å². The third-order valence-corrected chi connectivity index (χ3v) is 6.52. The highest BCUT2D eigenvalue weighted by molar-refractivity contribution is 7.89. The van der Waals surface area contributed by atoms with Gasteiger partial charge in [0.1, 0.15) is 0 Å². The quantitative estimate of drug-likeness (QED) is 0.891. The van der Waals surface area contributed by atoms with Crippen molar-refractivity contribution in [2.75, 3.05) is 5.32 Å². The summed E-state index contributed by atoms with van der Waals surface area (Å²) in [6, 6.07) is 8.72. The van der Waals surface area contributed by atoms with E-state index in [4.69, 9.17) is 0 Å². The Kier molecular flexibility index (Phi) is 4.05. The van der Waals surface area contributed by atoms with E-state index in [9.17, 15) is 13.2 Å². The zero-order valence-electron chi connectivity index (χ0n) is 13.7. The molecular formula is C18H19N3O3S. The van der Waals surface area contributed by atoms with E-state index >= 15 is 0 Å². The highest BCUT2D eigenvalue weighted by Crippen LogP contribution is 2.35. The van der Waals surface area contributed by atoms with Crippen molar-refractivity contribution in [1.29, 1.82) is 0 Å². The minimum atomic E-state index is -3.58. The van der Waals surface area contributed by atoms with Gasteiger partial charge < -0.3 is 5.32 Å². The summed E-state index contributed by atoms with van der Waals surface area (Å²) in [6.07, 6.45) is 6.10. The molecule has 0 radical (unpaired) electrons. The molecule has 0 unspecified atom stereocenters. The van der Waals surface area contributed by atoms with Gasteiger partial charge in [0.25, 0.3) is 0 Å². The van der Waals surface area contributed by atoms with Gasteiger partial charge in [0.05, 0.1) is 4.90 Å². The smallest absolute Gasteiger partial charge is 0.243 e. The van der Waals surface area contributed by atoms with Crippen LogP contribution in [-0.2, 0) is 27.8 Å². The van der Waals surface area contributed by atoms with E-state index in [2.05, 4.69) is 10.3 Å². The molecule has 1 aliphatic heterocycles. The summed E-state index contributed by atoms with van der Waals surface area (Å²) in [5.41, 5.74) is 2.51. The Morgan fingerprint density at radius 1 is 1.12 bits per heavy atom. The first-order chi connectivity index (χ1) is 12.0. The number of carbonyl (C=O) groups is 1. The van der Waals surface area contributed by atoms with E-state index in [1.165, 1.54) is 0 Å². The molecule has 1 aliphatic carbocycles. The fourth-order valence-electron chi connectivity index (χ4n) is 3.10. The number of aryl methyl sites for hydroxylation is 1. The molecule has 1 fully saturated rings. The Balaban J connectivity index is 1.66. The molecule has 1 amide bonds. The van der Waals surface area contributed by atoms with Gasteiger partial charge >= 0.3 is 0 Å². The van der Waals surface area contributed by atoms with Gasteiger partial charge in [-0.25, -0.2) is 8.42 Å². The lowest BCUT2D eigenvalue weighted by atomic mass is 10.0. The van der Waals surface area contributed by atoms with E-state index in [0.29, 0.717) is 30.0 Å². The van der Waals surface area contributed by atoms with Crippen LogP contribution in [-0.4, -0.2) is 29.7 Å². The average Bonchev–Trinajstić information content (AvgIpc) is 3.44. The molecule has 0 spiro atoms. The van der Waals surface area contributed by atoms with E-state index < -0.39 is 10.0 Å². The molecule has 7 heteroatoms. The number of hydrogen-bond acceptors (Lipinski definition) is 4. The maximum absolute atomic E-state index is 13.2. The predicted molar refractivity (Wildman–Crippen MR) is 93.4 cm³/mol. The average molecular weight is 357 g/mol. The number of amides is 1. The molecule has 2 aliphatic rings. The van der Waals surface area contributed by atoms with Crippen molar-refractivity contribution in [3.8, 4) is 0 Å². The van der Waals surface area contributed by atoms with Crippen LogP contribution in [0.15, 0.2) is 47.6 Å². The number of benzene rings is 1. The summed E-state index contributed by atoms with van der Waals surface area (Å²) in [4.78, 5) is 15.8. The van der Waals surface area contributed by atoms with Crippen molar-refractivity contribution in [2.45, 2.75) is 43.2 Å². The van der Waals surface area contributed by atoms with Crippen molar-refractivity contribution in [3.05, 3.63) is 53.9 Å². The van der Waals surface area contributed by atoms with Crippen LogP contribution in [0.2, 0.25) is 0 Å². The molecule has 6 nitrogen and oxygen atoms in total. The van der Waals surface area contributed by atoms with E-state index in [1.807, 2.05) is 12.1 Å². The molecule has 2 heterocycles. The first-order valence-corrected chi connectivity index (χ1v) is 9.81. The zero-order valence-corrected chi connectivity index (χ0v) is 14.5. The third-order valence-electron chi connectivity index (χ3n) is 4.62. The Labute approximate surface area is 146 Å². The Hall–Kier alpha value is -2.25. The molecule has 2 aromatic rings. The molecule has 1 N–H and O–H groups in total. The molecule has 130 valence electrons. The molecule has 0 saturated heterocycles. The number of fused-ring (bicyclic) bond motifs is 1. The highest BCUT2D eigenvalue weighted by atomic mass is 32.2. The normalized spacial score (nSPS) is 17.2. The molecular weight excluding hydrogens is 338 g/mol. The van der Waals surface area contributed by atoms with Crippen LogP contribution in [0.4, 0.5) is 5.69 Å². The van der Waals surface area contributed by atoms with E-state index in [-0.39, 0.29) is 11.9 Å². The second-order valence-corrected chi connectivity index (χ2v) is 8.39. The number of rotatable bonds is 5. The van der Waals surface area contributed by atoms with Gasteiger partial charge in [0.2, 0.25) is 15.9 Å². The van der Waals surface area contributed by atoms with Crippen LogP contribution in [0.25, 0.3) is 0 Å². The summed E-state index contributed by atoms with van der Waals surface area (Å²) < 4.78 is 28.0. The number of hydrogen-bond donors (Lipinski definition) is 1. The number of pyridine rings is 1. The van der Waals surface area contributed by atoms with Gasteiger partial charge in [-0.2, -0.15) is 4.31 Å². The van der Waals surface area contributed by atoms with Gasteiger partial charge in [0, 0.05) is 37.1 Å². The van der Waals surface area contributed by atoms with Crippen molar-refractivity contribution < 1.29 is 13.2 Å². The van der Waals surface area contributed by atoms with Crippen molar-refractivity contribution in [2.24, 2.45) is 0 Å². The van der Waals surface area contributed by atoms with Crippen LogP contribution >= 0.6 is 0 Å². The fraction of sp³-hybridized carbons (Fsp3) is 0.333. The molecule has 1 saturated carbocycles. The lowest BCUT2D eigenvalue weighted by molar-refractivity contribution is -0.116. The number of carbonyl (C=O) groups excluding carboxylic acids is 1. The minimum absolute atomic E-state index is 0.0274. The third kappa shape index (κ3) is 3.29. The standard InChI is InChI=1S/C18H19N3O3S/c22-18-6-1-14-11-16(4-5-17(14)20-18)25(23,24)21(15-2-3-15)12-13-7-9-19-10-8-13/h4-5,7-11,15H,1-3,6,12H2,(H,20,22). The number of nitrogens with zero attached hydrogens (tertiary/aromatic N) is 2. The Bertz CT molecular complexity index is 908. The molecule has 4 rings (SSSR count).